The van der Waals surface area contributed by atoms with E-state index in [1.54, 1.807) is 5.57 Å². The van der Waals surface area contributed by atoms with Gasteiger partial charge in [-0.1, -0.05) is 51.0 Å². The summed E-state index contributed by atoms with van der Waals surface area (Å²) in [6.45, 7) is 9.14. The highest BCUT2D eigenvalue weighted by Crippen LogP contribution is 2.33. The maximum atomic E-state index is 2.39. The largest absolute Gasteiger partial charge is 0.0810 e. The maximum absolute atomic E-state index is 2.39. The van der Waals surface area contributed by atoms with Gasteiger partial charge in [0.1, 0.15) is 0 Å². The third-order valence-electron chi connectivity index (χ3n) is 2.55. The second-order valence-electron chi connectivity index (χ2n) is 4.59. The zero-order valence-electron chi connectivity index (χ0n) is 8.78. The van der Waals surface area contributed by atoms with E-state index in [0.717, 1.165) is 0 Å². The molecule has 0 spiro atoms. The molecule has 0 bridgehead atoms. The zero-order chi connectivity index (χ0) is 9.19. The van der Waals surface area contributed by atoms with Crippen molar-refractivity contribution in [2.45, 2.75) is 47.0 Å². The molecule has 0 aromatic carbocycles. The molecular formula is C12H20. The second-order valence-corrected chi connectivity index (χ2v) is 4.59. The summed E-state index contributed by atoms with van der Waals surface area (Å²) in [5.74, 6) is 0. The quantitative estimate of drug-likeness (QED) is 0.547. The normalized spacial score (nSPS) is 18.7. The predicted molar refractivity (Wildman–Crippen MR) is 55.1 cm³/mol. The monoisotopic (exact) mass is 164 g/mol. The smallest absolute Gasteiger partial charge is 0.0170 e. The van der Waals surface area contributed by atoms with Gasteiger partial charge in [0, 0.05) is 0 Å². The van der Waals surface area contributed by atoms with Crippen LogP contribution in [0.4, 0.5) is 0 Å². The molecule has 0 heterocycles. The fourth-order valence-corrected chi connectivity index (χ4v) is 1.61. The minimum absolute atomic E-state index is 0.370. The lowest BCUT2D eigenvalue weighted by Crippen LogP contribution is -2.11. The first-order valence-electron chi connectivity index (χ1n) is 4.94. The highest BCUT2D eigenvalue weighted by atomic mass is 14.2. The van der Waals surface area contributed by atoms with Crippen LogP contribution in [0.3, 0.4) is 0 Å². The number of allylic oxidation sites excluding steroid dienone is 4. The molecule has 0 radical (unpaired) electrons. The second kappa shape index (κ2) is 3.47. The van der Waals surface area contributed by atoms with E-state index in [4.69, 9.17) is 0 Å². The Balaban J connectivity index is 2.80. The summed E-state index contributed by atoms with van der Waals surface area (Å²) in [5.41, 5.74) is 3.50. The lowest BCUT2D eigenvalue weighted by atomic mass is 9.80. The van der Waals surface area contributed by atoms with Crippen molar-refractivity contribution in [3.05, 3.63) is 23.3 Å². The minimum atomic E-state index is 0.370. The Morgan fingerprint density at radius 1 is 1.33 bits per heavy atom. The zero-order valence-corrected chi connectivity index (χ0v) is 8.78. The van der Waals surface area contributed by atoms with Crippen LogP contribution in [0.25, 0.3) is 0 Å². The molecule has 0 saturated heterocycles. The SMILES string of the molecule is CCC1=CCCC(C(C)(C)C)=C1. The average molecular weight is 164 g/mol. The van der Waals surface area contributed by atoms with Gasteiger partial charge in [0.2, 0.25) is 0 Å². The van der Waals surface area contributed by atoms with Crippen molar-refractivity contribution in [1.82, 2.24) is 0 Å². The number of rotatable bonds is 1. The van der Waals surface area contributed by atoms with Crippen LogP contribution in [-0.4, -0.2) is 0 Å². The number of hydrogen-bond acceptors (Lipinski definition) is 0. The van der Waals surface area contributed by atoms with Gasteiger partial charge in [0.15, 0.2) is 0 Å². The van der Waals surface area contributed by atoms with Crippen molar-refractivity contribution in [3.63, 3.8) is 0 Å². The van der Waals surface area contributed by atoms with Gasteiger partial charge in [0.05, 0.1) is 0 Å². The van der Waals surface area contributed by atoms with Crippen LogP contribution in [0.5, 0.6) is 0 Å². The Labute approximate surface area is 76.4 Å². The van der Waals surface area contributed by atoms with Crippen molar-refractivity contribution in [2.75, 3.05) is 0 Å². The van der Waals surface area contributed by atoms with Gasteiger partial charge in [-0.3, -0.25) is 0 Å². The third-order valence-corrected chi connectivity index (χ3v) is 2.55. The van der Waals surface area contributed by atoms with Crippen molar-refractivity contribution < 1.29 is 0 Å². The topological polar surface area (TPSA) is 0 Å². The molecule has 1 aliphatic rings. The molecule has 68 valence electrons. The van der Waals surface area contributed by atoms with Crippen LogP contribution in [-0.2, 0) is 0 Å². The van der Waals surface area contributed by atoms with E-state index in [1.807, 2.05) is 0 Å². The first-order valence-corrected chi connectivity index (χ1v) is 4.94. The van der Waals surface area contributed by atoms with Crippen LogP contribution < -0.4 is 0 Å². The van der Waals surface area contributed by atoms with Crippen molar-refractivity contribution in [1.29, 1.82) is 0 Å². The first-order chi connectivity index (χ1) is 5.54. The Bertz CT molecular complexity index is 211. The first kappa shape index (κ1) is 9.57. The van der Waals surface area contributed by atoms with Crippen LogP contribution in [0.2, 0.25) is 0 Å². The highest BCUT2D eigenvalue weighted by Gasteiger charge is 2.18. The standard InChI is InChI=1S/C12H20/c1-5-10-7-6-8-11(9-10)12(2,3)4/h7,9H,5-6,8H2,1-4H3. The van der Waals surface area contributed by atoms with Gasteiger partial charge in [-0.05, 0) is 24.7 Å². The molecule has 0 aliphatic heterocycles. The summed E-state index contributed by atoms with van der Waals surface area (Å²) in [5, 5.41) is 0. The molecule has 0 aromatic heterocycles. The van der Waals surface area contributed by atoms with Crippen LogP contribution in [0.15, 0.2) is 23.3 Å². The molecule has 0 fully saturated rings. The number of hydrogen-bond donors (Lipinski definition) is 0. The maximum Gasteiger partial charge on any atom is -0.0170 e. The van der Waals surface area contributed by atoms with Crippen LogP contribution in [0.1, 0.15) is 47.0 Å². The average Bonchev–Trinajstić information content (AvgIpc) is 2.03. The summed E-state index contributed by atoms with van der Waals surface area (Å²) in [4.78, 5) is 0. The van der Waals surface area contributed by atoms with Crippen molar-refractivity contribution in [2.24, 2.45) is 5.41 Å². The Morgan fingerprint density at radius 3 is 2.50 bits per heavy atom. The van der Waals surface area contributed by atoms with Crippen LogP contribution >= 0.6 is 0 Å². The summed E-state index contributed by atoms with van der Waals surface area (Å²) >= 11 is 0. The van der Waals surface area contributed by atoms with Crippen LogP contribution in [0, 0.1) is 5.41 Å². The molecule has 0 unspecified atom stereocenters. The Kier molecular flexibility index (Phi) is 2.76. The highest BCUT2D eigenvalue weighted by molar-refractivity contribution is 5.30. The van der Waals surface area contributed by atoms with E-state index >= 15 is 0 Å². The minimum Gasteiger partial charge on any atom is -0.0810 e. The lowest BCUT2D eigenvalue weighted by molar-refractivity contribution is 0.480. The molecule has 0 amide bonds. The molecule has 0 nitrogen and oxygen atoms in total. The van der Waals surface area contributed by atoms with Gasteiger partial charge in [0.25, 0.3) is 0 Å². The van der Waals surface area contributed by atoms with E-state index in [2.05, 4.69) is 39.8 Å². The fourth-order valence-electron chi connectivity index (χ4n) is 1.61. The molecule has 1 rings (SSSR count). The van der Waals surface area contributed by atoms with Gasteiger partial charge < -0.3 is 0 Å². The molecule has 0 N–H and O–H groups in total. The van der Waals surface area contributed by atoms with E-state index in [1.165, 1.54) is 24.8 Å². The van der Waals surface area contributed by atoms with E-state index in [-0.39, 0.29) is 0 Å². The predicted octanol–water partition coefficient (Wildman–Crippen LogP) is 4.09. The van der Waals surface area contributed by atoms with E-state index < -0.39 is 0 Å². The lowest BCUT2D eigenvalue weighted by Gasteiger charge is -2.25. The third kappa shape index (κ3) is 2.23. The van der Waals surface area contributed by atoms with Gasteiger partial charge in [-0.2, -0.15) is 0 Å². The molecule has 0 atom stereocenters. The van der Waals surface area contributed by atoms with Gasteiger partial charge in [-0.15, -0.1) is 0 Å². The van der Waals surface area contributed by atoms with Crippen molar-refractivity contribution in [3.8, 4) is 0 Å². The van der Waals surface area contributed by atoms with Gasteiger partial charge in [-0.25, -0.2) is 0 Å². The Hall–Kier alpha value is -0.520. The molecule has 0 aromatic rings. The summed E-state index contributed by atoms with van der Waals surface area (Å²) in [6.07, 6.45) is 8.44. The molecule has 0 saturated carbocycles. The Morgan fingerprint density at radius 2 is 2.00 bits per heavy atom. The summed E-state index contributed by atoms with van der Waals surface area (Å²) in [6, 6.07) is 0. The molecule has 0 heteroatoms. The van der Waals surface area contributed by atoms with E-state index in [9.17, 15) is 0 Å². The van der Waals surface area contributed by atoms with E-state index in [0.29, 0.717) is 5.41 Å². The molecular weight excluding hydrogens is 144 g/mol. The summed E-state index contributed by atoms with van der Waals surface area (Å²) in [7, 11) is 0. The summed E-state index contributed by atoms with van der Waals surface area (Å²) < 4.78 is 0. The molecule has 12 heavy (non-hydrogen) atoms. The molecule has 1 aliphatic carbocycles. The van der Waals surface area contributed by atoms with Gasteiger partial charge >= 0.3 is 0 Å². The van der Waals surface area contributed by atoms with Crippen molar-refractivity contribution >= 4 is 0 Å². The fraction of sp³-hybridized carbons (Fsp3) is 0.667.